The fourth-order valence-electron chi connectivity index (χ4n) is 7.52. The molecule has 0 aromatic heterocycles. The Hall–Kier alpha value is -2.71. The maximum absolute atomic E-state index is 14.9. The van der Waals surface area contributed by atoms with Crippen molar-refractivity contribution >= 4 is 23.5 Å². The number of hydrogen-bond donors (Lipinski definition) is 1. The monoisotopic (exact) mass is 540 g/mol. The molecule has 39 heavy (non-hydrogen) atoms. The van der Waals surface area contributed by atoms with Gasteiger partial charge in [-0.2, -0.15) is 0 Å². The molecule has 1 N–H and O–H groups in total. The highest BCUT2D eigenvalue weighted by Crippen LogP contribution is 2.66. The van der Waals surface area contributed by atoms with Crippen molar-refractivity contribution in [2.75, 3.05) is 24.7 Å². The topological polar surface area (TPSA) is 96.4 Å². The lowest BCUT2D eigenvalue weighted by molar-refractivity contribution is -0.162. The van der Waals surface area contributed by atoms with E-state index in [0.717, 1.165) is 16.8 Å². The van der Waals surface area contributed by atoms with Gasteiger partial charge in [0.15, 0.2) is 0 Å². The van der Waals surface area contributed by atoms with E-state index in [9.17, 15) is 19.5 Å². The molecule has 1 aromatic rings. The summed E-state index contributed by atoms with van der Waals surface area (Å²) in [5.74, 6) is -2.94. The highest BCUT2D eigenvalue weighted by molar-refractivity contribution is 6.05. The van der Waals surface area contributed by atoms with Crippen LogP contribution in [0.2, 0.25) is 0 Å². The molecule has 4 rings (SSSR count). The highest BCUT2D eigenvalue weighted by Gasteiger charge is 2.81. The molecule has 1 spiro atoms. The first kappa shape index (κ1) is 29.3. The van der Waals surface area contributed by atoms with Gasteiger partial charge in [-0.15, -0.1) is 6.58 Å². The third kappa shape index (κ3) is 4.22. The fourth-order valence-corrected chi connectivity index (χ4v) is 7.52. The molecule has 3 aliphatic heterocycles. The van der Waals surface area contributed by atoms with Crippen LogP contribution < -0.4 is 4.90 Å². The summed E-state index contributed by atoms with van der Waals surface area (Å²) in [5, 5.41) is 10.6. The van der Waals surface area contributed by atoms with Gasteiger partial charge in [-0.3, -0.25) is 14.4 Å². The van der Waals surface area contributed by atoms with Crippen LogP contribution in [0.15, 0.2) is 30.9 Å². The lowest BCUT2D eigenvalue weighted by Gasteiger charge is -2.41. The average molecular weight is 541 g/mol. The third-order valence-electron chi connectivity index (χ3n) is 9.66. The summed E-state index contributed by atoms with van der Waals surface area (Å²) in [6.07, 6.45) is 2.84. The zero-order valence-corrected chi connectivity index (χ0v) is 24.4. The Balaban J connectivity index is 1.94. The lowest BCUT2D eigenvalue weighted by atomic mass is 9.62. The first-order valence-corrected chi connectivity index (χ1v) is 14.2. The number of fused-ring (bicyclic) bond motifs is 1. The van der Waals surface area contributed by atoms with Gasteiger partial charge in [0.05, 0.1) is 30.8 Å². The molecule has 3 unspecified atom stereocenters. The van der Waals surface area contributed by atoms with Crippen molar-refractivity contribution < 1.29 is 29.0 Å². The Morgan fingerprint density at radius 2 is 1.95 bits per heavy atom. The average Bonchev–Trinajstić information content (AvgIpc) is 3.40. The molecule has 3 fully saturated rings. The van der Waals surface area contributed by atoms with E-state index in [4.69, 9.17) is 9.47 Å². The number of para-hydroxylation sites is 1. The number of carbonyl (C=O) groups is 3. The predicted molar refractivity (Wildman–Crippen MR) is 149 cm³/mol. The van der Waals surface area contributed by atoms with E-state index < -0.39 is 41.1 Å². The predicted octanol–water partition coefficient (Wildman–Crippen LogP) is 3.80. The number of ether oxygens (including phenoxy) is 2. The zero-order chi connectivity index (χ0) is 28.9. The number of rotatable bonds is 10. The maximum atomic E-state index is 14.9. The van der Waals surface area contributed by atoms with Crippen LogP contribution in [0.5, 0.6) is 0 Å². The summed E-state index contributed by atoms with van der Waals surface area (Å²) in [4.78, 5) is 46.0. The van der Waals surface area contributed by atoms with Gasteiger partial charge in [-0.05, 0) is 57.1 Å². The highest BCUT2D eigenvalue weighted by atomic mass is 16.6. The minimum atomic E-state index is -1.21. The minimum Gasteiger partial charge on any atom is -0.466 e. The molecule has 2 amide bonds. The van der Waals surface area contributed by atoms with E-state index in [1.54, 1.807) is 22.8 Å². The summed E-state index contributed by atoms with van der Waals surface area (Å²) in [6.45, 7) is 17.5. The maximum Gasteiger partial charge on any atom is 0.312 e. The van der Waals surface area contributed by atoms with Crippen LogP contribution in [0.4, 0.5) is 5.69 Å². The SMILES string of the molecule is C=CCN(C(=O)C1N([C@@H](CO)[C@@H](C)CC)C(=O)[C@@H]2[C@@H](C(=O)OCC)[C@]3(C)OC12CC3C)c1c(C)cccc1C. The number of anilines is 1. The molecule has 8 heteroatoms. The second-order valence-corrected chi connectivity index (χ2v) is 11.8. The van der Waals surface area contributed by atoms with Gasteiger partial charge in [0.2, 0.25) is 5.91 Å². The van der Waals surface area contributed by atoms with Crippen LogP contribution >= 0.6 is 0 Å². The molecule has 1 aromatic carbocycles. The number of aliphatic hydroxyl groups excluding tert-OH is 1. The van der Waals surface area contributed by atoms with Gasteiger partial charge in [0, 0.05) is 12.2 Å². The standard InChI is InChI=1S/C31H44N2O6/c1-9-15-32(25-19(5)13-12-14-20(25)6)28(36)26-31-16-21(7)30(8,39-31)24(29(37)38-11-3)23(31)27(35)33(26)22(17-34)18(4)10-2/h9,12-14,18,21-24,26,34H,1,10-11,15-17H2,2-8H3/t18-,21?,22-,23-,24-,26?,30+,31?/m0/s1. The van der Waals surface area contributed by atoms with Gasteiger partial charge in [0.25, 0.3) is 5.91 Å². The molecule has 3 aliphatic rings. The van der Waals surface area contributed by atoms with E-state index >= 15 is 0 Å². The third-order valence-corrected chi connectivity index (χ3v) is 9.66. The smallest absolute Gasteiger partial charge is 0.312 e. The largest absolute Gasteiger partial charge is 0.466 e. The number of hydrogen-bond acceptors (Lipinski definition) is 6. The van der Waals surface area contributed by atoms with Crippen molar-refractivity contribution in [3.05, 3.63) is 42.0 Å². The first-order chi connectivity index (χ1) is 18.4. The molecule has 8 nitrogen and oxygen atoms in total. The summed E-state index contributed by atoms with van der Waals surface area (Å²) >= 11 is 0. The number of esters is 1. The number of benzene rings is 1. The van der Waals surface area contributed by atoms with E-state index in [-0.39, 0.29) is 43.4 Å². The van der Waals surface area contributed by atoms with Crippen molar-refractivity contribution in [3.8, 4) is 0 Å². The van der Waals surface area contributed by atoms with E-state index in [1.807, 2.05) is 59.7 Å². The second-order valence-electron chi connectivity index (χ2n) is 11.8. The Labute approximate surface area is 232 Å². The molecule has 0 saturated carbocycles. The van der Waals surface area contributed by atoms with Gasteiger partial charge < -0.3 is 24.4 Å². The van der Waals surface area contributed by atoms with Crippen molar-refractivity contribution in [1.29, 1.82) is 0 Å². The van der Waals surface area contributed by atoms with Crippen molar-refractivity contribution in [2.45, 2.75) is 84.6 Å². The number of nitrogens with zero attached hydrogens (tertiary/aromatic N) is 2. The summed E-state index contributed by atoms with van der Waals surface area (Å²) in [6, 6.07) is 4.25. The number of aryl methyl sites for hydroxylation is 2. The van der Waals surface area contributed by atoms with Crippen LogP contribution in [0.25, 0.3) is 0 Å². The normalized spacial score (nSPS) is 32.6. The number of likely N-dealkylation sites (tertiary alicyclic amines) is 1. The van der Waals surface area contributed by atoms with Crippen molar-refractivity contribution in [1.82, 2.24) is 4.90 Å². The molecule has 8 atom stereocenters. The Bertz CT molecular complexity index is 1130. The summed E-state index contributed by atoms with van der Waals surface area (Å²) < 4.78 is 12.3. The number of carbonyl (C=O) groups excluding carboxylic acids is 3. The molecule has 2 bridgehead atoms. The summed E-state index contributed by atoms with van der Waals surface area (Å²) in [5.41, 5.74) is 0.475. The van der Waals surface area contributed by atoms with Gasteiger partial charge >= 0.3 is 5.97 Å². The minimum absolute atomic E-state index is 0.0798. The zero-order valence-electron chi connectivity index (χ0n) is 24.4. The van der Waals surface area contributed by atoms with Crippen molar-refractivity contribution in [3.63, 3.8) is 0 Å². The second kappa shape index (κ2) is 10.7. The van der Waals surface area contributed by atoms with Crippen LogP contribution in [0, 0.1) is 37.5 Å². The lowest BCUT2D eigenvalue weighted by Crippen LogP contribution is -2.60. The Morgan fingerprint density at radius 1 is 1.31 bits per heavy atom. The van der Waals surface area contributed by atoms with Crippen LogP contribution in [0.1, 0.15) is 58.6 Å². The number of aliphatic hydroxyl groups is 1. The molecular weight excluding hydrogens is 496 g/mol. The molecule has 0 aliphatic carbocycles. The summed E-state index contributed by atoms with van der Waals surface area (Å²) in [7, 11) is 0. The van der Waals surface area contributed by atoms with Crippen molar-refractivity contribution in [2.24, 2.45) is 23.7 Å². The molecule has 3 heterocycles. The van der Waals surface area contributed by atoms with E-state index in [1.165, 1.54) is 0 Å². The van der Waals surface area contributed by atoms with Crippen LogP contribution in [0.3, 0.4) is 0 Å². The van der Waals surface area contributed by atoms with Gasteiger partial charge in [-0.1, -0.05) is 51.5 Å². The molecule has 3 saturated heterocycles. The Kier molecular flexibility index (Phi) is 8.03. The van der Waals surface area contributed by atoms with Gasteiger partial charge in [-0.25, -0.2) is 0 Å². The van der Waals surface area contributed by atoms with Gasteiger partial charge in [0.1, 0.15) is 17.6 Å². The van der Waals surface area contributed by atoms with Crippen LogP contribution in [-0.4, -0.2) is 70.8 Å². The Morgan fingerprint density at radius 3 is 2.49 bits per heavy atom. The quantitative estimate of drug-likeness (QED) is 0.358. The molecule has 214 valence electrons. The molecule has 0 radical (unpaired) electrons. The first-order valence-electron chi connectivity index (χ1n) is 14.2. The van der Waals surface area contributed by atoms with E-state index in [2.05, 4.69) is 6.58 Å². The number of amides is 2. The van der Waals surface area contributed by atoms with E-state index in [0.29, 0.717) is 12.8 Å². The van der Waals surface area contributed by atoms with Crippen LogP contribution in [-0.2, 0) is 23.9 Å². The fraction of sp³-hybridized carbons (Fsp3) is 0.645. The molecular formula is C31H44N2O6.